The number of aliphatic imine (C=N–C) groups is 1. The largest absolute Gasteiger partial charge is 0.361 e. The Morgan fingerprint density at radius 1 is 1.23 bits per heavy atom. The van der Waals surface area contributed by atoms with Crippen LogP contribution in [0.5, 0.6) is 0 Å². The molecular formula is C22H27FN6O. The molecule has 0 saturated carbocycles. The van der Waals surface area contributed by atoms with E-state index < -0.39 is 0 Å². The third-order valence-corrected chi connectivity index (χ3v) is 4.89. The minimum atomic E-state index is -0.276. The van der Waals surface area contributed by atoms with Gasteiger partial charge in [-0.05, 0) is 56.5 Å². The van der Waals surface area contributed by atoms with Crippen LogP contribution in [0.4, 0.5) is 10.3 Å². The molecule has 1 aromatic carbocycles. The van der Waals surface area contributed by atoms with Crippen LogP contribution in [0.3, 0.4) is 0 Å². The van der Waals surface area contributed by atoms with Crippen LogP contribution < -0.4 is 10.6 Å². The second kappa shape index (κ2) is 9.47. The maximum Gasteiger partial charge on any atom is 0.229 e. The van der Waals surface area contributed by atoms with Crippen LogP contribution in [0, 0.1) is 25.6 Å². The lowest BCUT2D eigenvalue weighted by atomic mass is 10.1. The van der Waals surface area contributed by atoms with Crippen LogP contribution in [0.2, 0.25) is 0 Å². The molecule has 0 unspecified atom stereocenters. The fourth-order valence-corrected chi connectivity index (χ4v) is 3.07. The minimum absolute atomic E-state index is 0.123. The summed E-state index contributed by atoms with van der Waals surface area (Å²) >= 11 is 0. The van der Waals surface area contributed by atoms with Crippen molar-refractivity contribution < 1.29 is 9.18 Å². The van der Waals surface area contributed by atoms with E-state index in [2.05, 4.69) is 30.6 Å². The van der Waals surface area contributed by atoms with Crippen molar-refractivity contribution in [1.82, 2.24) is 20.3 Å². The predicted molar refractivity (Wildman–Crippen MR) is 117 cm³/mol. The molecule has 0 spiro atoms. The molecule has 3 aromatic rings. The van der Waals surface area contributed by atoms with Crippen molar-refractivity contribution in [3.05, 3.63) is 53.2 Å². The van der Waals surface area contributed by atoms with Gasteiger partial charge in [0.15, 0.2) is 0 Å². The molecule has 8 heteroatoms. The van der Waals surface area contributed by atoms with Gasteiger partial charge in [-0.25, -0.2) is 14.4 Å². The monoisotopic (exact) mass is 410 g/mol. The van der Waals surface area contributed by atoms with Crippen LogP contribution in [-0.2, 0) is 11.2 Å². The van der Waals surface area contributed by atoms with E-state index in [0.29, 0.717) is 24.9 Å². The zero-order valence-corrected chi connectivity index (χ0v) is 17.7. The number of H-pyrrole nitrogens is 1. The molecule has 30 heavy (non-hydrogen) atoms. The standard InChI is InChI=1S/C22H27FN6O/c1-5-13(2)20(30)28-21(29-22-26-14(3)10-15(4)27-22)24-9-8-16-12-25-19-7-6-17(23)11-18(16)19/h6-7,10-13,25H,5,8-9H2,1-4H3,(H2,24,26,27,28,29,30)/t13-/m1/s1. The third-order valence-electron chi connectivity index (χ3n) is 4.89. The molecule has 0 aliphatic carbocycles. The summed E-state index contributed by atoms with van der Waals surface area (Å²) in [5.74, 6) is 0.138. The molecule has 7 nitrogen and oxygen atoms in total. The molecule has 0 aliphatic rings. The molecule has 1 amide bonds. The molecule has 3 rings (SSSR count). The number of aryl methyl sites for hydroxylation is 2. The molecule has 0 aliphatic heterocycles. The molecule has 0 saturated heterocycles. The van der Waals surface area contributed by atoms with E-state index in [1.807, 2.05) is 40.0 Å². The van der Waals surface area contributed by atoms with Crippen LogP contribution in [0.1, 0.15) is 37.2 Å². The van der Waals surface area contributed by atoms with Gasteiger partial charge in [0.2, 0.25) is 17.8 Å². The number of nitrogens with zero attached hydrogens (tertiary/aromatic N) is 3. The zero-order valence-electron chi connectivity index (χ0n) is 17.7. The Hall–Kier alpha value is -3.29. The lowest BCUT2D eigenvalue weighted by Gasteiger charge is -2.14. The highest BCUT2D eigenvalue weighted by molar-refractivity contribution is 6.04. The lowest BCUT2D eigenvalue weighted by Crippen LogP contribution is -2.39. The average Bonchev–Trinajstić information content (AvgIpc) is 3.08. The normalized spacial score (nSPS) is 12.8. The Morgan fingerprint density at radius 2 is 1.97 bits per heavy atom. The van der Waals surface area contributed by atoms with E-state index in [4.69, 9.17) is 0 Å². The van der Waals surface area contributed by atoms with Gasteiger partial charge in [-0.1, -0.05) is 13.8 Å². The van der Waals surface area contributed by atoms with Crippen molar-refractivity contribution in [3.63, 3.8) is 0 Å². The number of fused-ring (bicyclic) bond motifs is 1. The number of guanidine groups is 1. The van der Waals surface area contributed by atoms with E-state index in [1.54, 1.807) is 6.07 Å². The average molecular weight is 410 g/mol. The fourth-order valence-electron chi connectivity index (χ4n) is 3.07. The molecule has 3 N–H and O–H groups in total. The maximum atomic E-state index is 13.6. The van der Waals surface area contributed by atoms with Crippen molar-refractivity contribution in [2.24, 2.45) is 10.9 Å². The Labute approximate surface area is 175 Å². The molecule has 0 radical (unpaired) electrons. The number of amides is 1. The highest BCUT2D eigenvalue weighted by Crippen LogP contribution is 2.19. The van der Waals surface area contributed by atoms with E-state index >= 15 is 0 Å². The second-order valence-corrected chi connectivity index (χ2v) is 7.38. The van der Waals surface area contributed by atoms with Gasteiger partial charge in [0.05, 0.1) is 0 Å². The quantitative estimate of drug-likeness (QED) is 0.424. The molecule has 0 bridgehead atoms. The number of anilines is 1. The molecule has 158 valence electrons. The fraction of sp³-hybridized carbons (Fsp3) is 0.364. The number of rotatable bonds is 6. The molecule has 0 fully saturated rings. The number of hydrogen-bond acceptors (Lipinski definition) is 4. The highest BCUT2D eigenvalue weighted by Gasteiger charge is 2.14. The topological polar surface area (TPSA) is 95.1 Å². The summed E-state index contributed by atoms with van der Waals surface area (Å²) in [4.78, 5) is 28.8. The van der Waals surface area contributed by atoms with Gasteiger partial charge in [0.25, 0.3) is 0 Å². The third kappa shape index (κ3) is 5.40. The van der Waals surface area contributed by atoms with Gasteiger partial charge >= 0.3 is 0 Å². The van der Waals surface area contributed by atoms with Crippen LogP contribution >= 0.6 is 0 Å². The van der Waals surface area contributed by atoms with Gasteiger partial charge in [-0.3, -0.25) is 20.4 Å². The van der Waals surface area contributed by atoms with Crippen LogP contribution in [0.15, 0.2) is 35.5 Å². The number of aromatic nitrogens is 3. The van der Waals surface area contributed by atoms with Gasteiger partial charge in [0.1, 0.15) is 5.82 Å². The number of hydrogen-bond donors (Lipinski definition) is 3. The second-order valence-electron chi connectivity index (χ2n) is 7.38. The maximum absolute atomic E-state index is 13.6. The number of aromatic amines is 1. The summed E-state index contributed by atoms with van der Waals surface area (Å²) < 4.78 is 13.6. The van der Waals surface area contributed by atoms with Crippen molar-refractivity contribution in [1.29, 1.82) is 0 Å². The lowest BCUT2D eigenvalue weighted by molar-refractivity contribution is -0.123. The molecule has 2 heterocycles. The summed E-state index contributed by atoms with van der Waals surface area (Å²) in [7, 11) is 0. The zero-order chi connectivity index (χ0) is 21.7. The number of halogens is 1. The first kappa shape index (κ1) is 21.4. The van der Waals surface area contributed by atoms with Crippen molar-refractivity contribution in [2.75, 3.05) is 11.9 Å². The van der Waals surface area contributed by atoms with Crippen molar-refractivity contribution in [2.45, 2.75) is 40.5 Å². The van der Waals surface area contributed by atoms with Crippen LogP contribution in [0.25, 0.3) is 10.9 Å². The van der Waals surface area contributed by atoms with Gasteiger partial charge in [-0.15, -0.1) is 0 Å². The Kier molecular flexibility index (Phi) is 6.76. The Morgan fingerprint density at radius 3 is 2.67 bits per heavy atom. The smallest absolute Gasteiger partial charge is 0.229 e. The number of nitrogens with one attached hydrogen (secondary N) is 3. The highest BCUT2D eigenvalue weighted by atomic mass is 19.1. The first-order valence-electron chi connectivity index (χ1n) is 10.1. The van der Waals surface area contributed by atoms with E-state index in [9.17, 15) is 9.18 Å². The van der Waals surface area contributed by atoms with E-state index in [0.717, 1.165) is 34.3 Å². The SMILES string of the molecule is CC[C@@H](C)C(=O)NC(=NCCc1c[nH]c2ccc(F)cc12)Nc1nc(C)cc(C)n1. The number of carbonyl (C=O) groups excluding carboxylic acids is 1. The van der Waals surface area contributed by atoms with Gasteiger partial charge in [0, 0.05) is 41.0 Å². The van der Waals surface area contributed by atoms with E-state index in [1.165, 1.54) is 12.1 Å². The minimum Gasteiger partial charge on any atom is -0.361 e. The molecular weight excluding hydrogens is 383 g/mol. The molecule has 1 atom stereocenters. The van der Waals surface area contributed by atoms with E-state index in [-0.39, 0.29) is 17.6 Å². The summed E-state index contributed by atoms with van der Waals surface area (Å²) in [5.41, 5.74) is 3.47. The number of carbonyl (C=O) groups is 1. The summed E-state index contributed by atoms with van der Waals surface area (Å²) in [6.07, 6.45) is 3.17. The first-order valence-corrected chi connectivity index (χ1v) is 10.1. The van der Waals surface area contributed by atoms with Gasteiger partial charge in [-0.2, -0.15) is 0 Å². The number of benzene rings is 1. The van der Waals surface area contributed by atoms with Crippen molar-refractivity contribution >= 4 is 28.7 Å². The Balaban J connectivity index is 1.78. The van der Waals surface area contributed by atoms with Gasteiger partial charge < -0.3 is 4.98 Å². The summed E-state index contributed by atoms with van der Waals surface area (Å²) in [5, 5.41) is 6.69. The molecule has 2 aromatic heterocycles. The van der Waals surface area contributed by atoms with Crippen LogP contribution in [-0.4, -0.2) is 33.4 Å². The summed E-state index contributed by atoms with van der Waals surface area (Å²) in [6, 6.07) is 6.53. The first-order chi connectivity index (χ1) is 14.4. The van der Waals surface area contributed by atoms with Crippen molar-refractivity contribution in [3.8, 4) is 0 Å². The predicted octanol–water partition coefficient (Wildman–Crippen LogP) is 3.89. The Bertz CT molecular complexity index is 1050. The summed E-state index contributed by atoms with van der Waals surface area (Å²) in [6.45, 7) is 7.98.